The molecule has 2 heterocycles. The molecular formula is C15H21ClN2O. The number of hydrogen-bond donors (Lipinski definition) is 1. The van der Waals surface area contributed by atoms with Gasteiger partial charge in [0, 0.05) is 12.5 Å². The highest BCUT2D eigenvalue weighted by Crippen LogP contribution is 2.37. The Morgan fingerprint density at radius 2 is 2.26 bits per heavy atom. The van der Waals surface area contributed by atoms with E-state index in [1.165, 1.54) is 25.7 Å². The number of aromatic nitrogens is 1. The lowest BCUT2D eigenvalue weighted by Crippen LogP contribution is -2.29. The SMILES string of the molecule is Cc1nc(Cl)ccc1OC(CC1CC1)C1CCNC1. The average Bonchev–Trinajstić information content (AvgIpc) is 3.03. The first kappa shape index (κ1) is 13.2. The molecule has 2 unspecified atom stereocenters. The van der Waals surface area contributed by atoms with Crippen molar-refractivity contribution in [2.45, 2.75) is 38.7 Å². The summed E-state index contributed by atoms with van der Waals surface area (Å²) < 4.78 is 6.27. The second-order valence-electron chi connectivity index (χ2n) is 5.81. The summed E-state index contributed by atoms with van der Waals surface area (Å²) in [5.41, 5.74) is 0.888. The monoisotopic (exact) mass is 280 g/mol. The highest BCUT2D eigenvalue weighted by atomic mass is 35.5. The predicted octanol–water partition coefficient (Wildman–Crippen LogP) is 3.20. The molecule has 3 rings (SSSR count). The highest BCUT2D eigenvalue weighted by molar-refractivity contribution is 6.29. The molecule has 1 saturated heterocycles. The lowest BCUT2D eigenvalue weighted by molar-refractivity contribution is 0.126. The van der Waals surface area contributed by atoms with Gasteiger partial charge in [0.25, 0.3) is 0 Å². The van der Waals surface area contributed by atoms with Gasteiger partial charge in [0.15, 0.2) is 0 Å². The standard InChI is InChI=1S/C15H21ClN2O/c1-10-13(4-5-15(16)18-10)19-14(8-11-2-3-11)12-6-7-17-9-12/h4-5,11-12,14,17H,2-3,6-9H2,1H3. The summed E-state index contributed by atoms with van der Waals surface area (Å²) in [6, 6.07) is 3.76. The van der Waals surface area contributed by atoms with Gasteiger partial charge in [-0.15, -0.1) is 0 Å². The smallest absolute Gasteiger partial charge is 0.141 e. The number of aryl methyl sites for hydroxylation is 1. The molecule has 4 heteroatoms. The molecule has 1 aliphatic heterocycles. The Kier molecular flexibility index (Phi) is 3.94. The van der Waals surface area contributed by atoms with Gasteiger partial charge in [0.05, 0.1) is 5.69 Å². The largest absolute Gasteiger partial charge is 0.488 e. The van der Waals surface area contributed by atoms with Gasteiger partial charge in [0.2, 0.25) is 0 Å². The zero-order chi connectivity index (χ0) is 13.2. The molecule has 19 heavy (non-hydrogen) atoms. The van der Waals surface area contributed by atoms with E-state index in [-0.39, 0.29) is 0 Å². The lowest BCUT2D eigenvalue weighted by Gasteiger charge is -2.25. The number of halogens is 1. The number of rotatable bonds is 5. The minimum absolute atomic E-state index is 0.323. The van der Waals surface area contributed by atoms with Gasteiger partial charge in [-0.3, -0.25) is 0 Å². The number of hydrogen-bond acceptors (Lipinski definition) is 3. The van der Waals surface area contributed by atoms with Crippen LogP contribution < -0.4 is 10.1 Å². The maximum atomic E-state index is 6.27. The first-order valence-corrected chi connectivity index (χ1v) is 7.60. The molecule has 0 amide bonds. The second-order valence-corrected chi connectivity index (χ2v) is 6.19. The Morgan fingerprint density at radius 1 is 1.42 bits per heavy atom. The molecule has 1 N–H and O–H groups in total. The number of nitrogens with zero attached hydrogens (tertiary/aromatic N) is 1. The van der Waals surface area contributed by atoms with Crippen LogP contribution in [-0.4, -0.2) is 24.2 Å². The fraction of sp³-hybridized carbons (Fsp3) is 0.667. The van der Waals surface area contributed by atoms with Crippen LogP contribution in [0.25, 0.3) is 0 Å². The quantitative estimate of drug-likeness (QED) is 0.841. The number of nitrogens with one attached hydrogen (secondary N) is 1. The molecule has 0 bridgehead atoms. The van der Waals surface area contributed by atoms with Crippen LogP contribution >= 0.6 is 11.6 Å². The van der Waals surface area contributed by atoms with Gasteiger partial charge in [-0.25, -0.2) is 4.98 Å². The zero-order valence-electron chi connectivity index (χ0n) is 11.4. The van der Waals surface area contributed by atoms with Crippen LogP contribution in [0, 0.1) is 18.8 Å². The van der Waals surface area contributed by atoms with Crippen molar-refractivity contribution in [3.8, 4) is 5.75 Å². The van der Waals surface area contributed by atoms with Crippen molar-refractivity contribution in [3.63, 3.8) is 0 Å². The average molecular weight is 281 g/mol. The third-order valence-electron chi connectivity index (χ3n) is 4.17. The maximum Gasteiger partial charge on any atom is 0.141 e. The van der Waals surface area contributed by atoms with Crippen molar-refractivity contribution < 1.29 is 4.74 Å². The number of pyridine rings is 1. The summed E-state index contributed by atoms with van der Waals surface area (Å²) in [4.78, 5) is 4.27. The van der Waals surface area contributed by atoms with E-state index in [4.69, 9.17) is 16.3 Å². The summed E-state index contributed by atoms with van der Waals surface area (Å²) >= 11 is 5.90. The van der Waals surface area contributed by atoms with E-state index in [1.54, 1.807) is 0 Å². The molecule has 2 fully saturated rings. The fourth-order valence-corrected chi connectivity index (χ4v) is 3.01. The van der Waals surface area contributed by atoms with Crippen LogP contribution in [0.2, 0.25) is 5.15 Å². The summed E-state index contributed by atoms with van der Waals surface area (Å²) in [6.45, 7) is 4.16. The molecule has 0 radical (unpaired) electrons. The summed E-state index contributed by atoms with van der Waals surface area (Å²) in [7, 11) is 0. The molecule has 1 aromatic rings. The molecule has 1 saturated carbocycles. The van der Waals surface area contributed by atoms with Crippen molar-refractivity contribution in [1.82, 2.24) is 10.3 Å². The van der Waals surface area contributed by atoms with E-state index >= 15 is 0 Å². The van der Waals surface area contributed by atoms with Crippen LogP contribution in [-0.2, 0) is 0 Å². The lowest BCUT2D eigenvalue weighted by atomic mass is 9.96. The molecule has 1 aliphatic carbocycles. The van der Waals surface area contributed by atoms with Gasteiger partial charge in [-0.05, 0) is 44.4 Å². The third-order valence-corrected chi connectivity index (χ3v) is 4.38. The molecule has 0 aromatic carbocycles. The molecule has 2 atom stereocenters. The molecule has 2 aliphatic rings. The van der Waals surface area contributed by atoms with E-state index < -0.39 is 0 Å². The normalized spacial score (nSPS) is 24.4. The molecule has 104 valence electrons. The van der Waals surface area contributed by atoms with Crippen LogP contribution in [0.3, 0.4) is 0 Å². The van der Waals surface area contributed by atoms with Crippen molar-refractivity contribution in [2.24, 2.45) is 11.8 Å². The first-order valence-electron chi connectivity index (χ1n) is 7.23. The molecular weight excluding hydrogens is 260 g/mol. The second kappa shape index (κ2) is 5.68. The summed E-state index contributed by atoms with van der Waals surface area (Å²) in [5, 5.41) is 3.97. The molecule has 1 aromatic heterocycles. The van der Waals surface area contributed by atoms with Gasteiger partial charge in [0.1, 0.15) is 17.0 Å². The summed E-state index contributed by atoms with van der Waals surface area (Å²) in [6.07, 6.45) is 5.48. The van der Waals surface area contributed by atoms with E-state index in [0.29, 0.717) is 17.2 Å². The van der Waals surface area contributed by atoms with Gasteiger partial charge in [-0.1, -0.05) is 24.4 Å². The topological polar surface area (TPSA) is 34.1 Å². The van der Waals surface area contributed by atoms with Crippen molar-refractivity contribution in [1.29, 1.82) is 0 Å². The molecule has 0 spiro atoms. The Morgan fingerprint density at radius 3 is 2.89 bits per heavy atom. The van der Waals surface area contributed by atoms with Crippen molar-refractivity contribution in [3.05, 3.63) is 23.0 Å². The van der Waals surface area contributed by atoms with Crippen LogP contribution in [0.4, 0.5) is 0 Å². The Labute approximate surface area is 119 Å². The van der Waals surface area contributed by atoms with E-state index in [9.17, 15) is 0 Å². The minimum atomic E-state index is 0.323. The van der Waals surface area contributed by atoms with Gasteiger partial charge < -0.3 is 10.1 Å². The van der Waals surface area contributed by atoms with E-state index in [1.807, 2.05) is 19.1 Å². The summed E-state index contributed by atoms with van der Waals surface area (Å²) in [5.74, 6) is 2.41. The zero-order valence-corrected chi connectivity index (χ0v) is 12.1. The van der Waals surface area contributed by atoms with E-state index in [2.05, 4.69) is 10.3 Å². The fourth-order valence-electron chi connectivity index (χ4n) is 2.82. The first-order chi connectivity index (χ1) is 9.22. The third kappa shape index (κ3) is 3.40. The Hall–Kier alpha value is -0.800. The molecule has 3 nitrogen and oxygen atoms in total. The van der Waals surface area contributed by atoms with Crippen LogP contribution in [0.15, 0.2) is 12.1 Å². The highest BCUT2D eigenvalue weighted by Gasteiger charge is 2.33. The van der Waals surface area contributed by atoms with Gasteiger partial charge in [-0.2, -0.15) is 0 Å². The van der Waals surface area contributed by atoms with Crippen molar-refractivity contribution in [2.75, 3.05) is 13.1 Å². The van der Waals surface area contributed by atoms with Crippen LogP contribution in [0.5, 0.6) is 5.75 Å². The van der Waals surface area contributed by atoms with Gasteiger partial charge >= 0.3 is 0 Å². The Balaban J connectivity index is 1.71. The minimum Gasteiger partial charge on any atom is -0.488 e. The predicted molar refractivity (Wildman–Crippen MR) is 76.7 cm³/mol. The van der Waals surface area contributed by atoms with Crippen molar-refractivity contribution >= 4 is 11.6 Å². The Bertz CT molecular complexity index is 442. The maximum absolute atomic E-state index is 6.27. The number of ether oxygens (including phenoxy) is 1. The van der Waals surface area contributed by atoms with Crippen LogP contribution in [0.1, 0.15) is 31.4 Å². The van der Waals surface area contributed by atoms with E-state index in [0.717, 1.165) is 30.5 Å².